The fourth-order valence-electron chi connectivity index (χ4n) is 5.37. The molecule has 4 heteroatoms. The van der Waals surface area contributed by atoms with Crippen molar-refractivity contribution in [3.8, 4) is 0 Å². The summed E-state index contributed by atoms with van der Waals surface area (Å²) in [6.07, 6.45) is 16.2. The number of carbonyl (C=O) groups excluding carboxylic acids is 1. The summed E-state index contributed by atoms with van der Waals surface area (Å²) in [5.74, 6) is 1.20. The Kier molecular flexibility index (Phi) is 4.66. The van der Waals surface area contributed by atoms with Crippen LogP contribution in [0, 0.1) is 11.8 Å². The predicted molar refractivity (Wildman–Crippen MR) is 104 cm³/mol. The molecule has 3 atom stereocenters. The summed E-state index contributed by atoms with van der Waals surface area (Å²) in [5.41, 5.74) is 1.44. The van der Waals surface area contributed by atoms with E-state index in [1.165, 1.54) is 50.8 Å². The molecule has 0 spiro atoms. The maximum atomic E-state index is 12.9. The normalized spacial score (nSPS) is 36.1. The third kappa shape index (κ3) is 3.27. The highest BCUT2D eigenvalue weighted by Crippen LogP contribution is 2.47. The van der Waals surface area contributed by atoms with Crippen LogP contribution in [-0.4, -0.2) is 72.0 Å². The van der Waals surface area contributed by atoms with Gasteiger partial charge >= 0.3 is 0 Å². The monoisotopic (exact) mass is 355 g/mol. The second-order valence-corrected chi connectivity index (χ2v) is 9.00. The van der Waals surface area contributed by atoms with Gasteiger partial charge in [0.05, 0.1) is 0 Å². The molecule has 26 heavy (non-hydrogen) atoms. The highest BCUT2D eigenvalue weighted by atomic mass is 16.2. The van der Waals surface area contributed by atoms with Crippen molar-refractivity contribution in [3.05, 3.63) is 23.8 Å². The van der Waals surface area contributed by atoms with Crippen LogP contribution in [0.15, 0.2) is 23.8 Å². The zero-order chi connectivity index (χ0) is 17.5. The molecule has 4 fully saturated rings. The van der Waals surface area contributed by atoms with E-state index in [1.807, 2.05) is 0 Å². The first-order valence-corrected chi connectivity index (χ1v) is 10.9. The van der Waals surface area contributed by atoms with Gasteiger partial charge in [-0.15, -0.1) is 0 Å². The first kappa shape index (κ1) is 17.0. The van der Waals surface area contributed by atoms with Crippen LogP contribution in [0.5, 0.6) is 0 Å². The fraction of sp³-hybridized carbons (Fsp3) is 0.773. The van der Waals surface area contributed by atoms with Crippen molar-refractivity contribution in [2.24, 2.45) is 11.8 Å². The van der Waals surface area contributed by atoms with E-state index >= 15 is 0 Å². The van der Waals surface area contributed by atoms with E-state index in [1.54, 1.807) is 0 Å². The van der Waals surface area contributed by atoms with Crippen molar-refractivity contribution >= 4 is 5.91 Å². The van der Waals surface area contributed by atoms with Crippen molar-refractivity contribution in [3.63, 3.8) is 0 Å². The molecular formula is C22H33N3O. The van der Waals surface area contributed by atoms with Crippen molar-refractivity contribution in [1.29, 1.82) is 0 Å². The quantitative estimate of drug-likeness (QED) is 0.776. The molecule has 2 aliphatic heterocycles. The Morgan fingerprint density at radius 2 is 1.69 bits per heavy atom. The largest absolute Gasteiger partial charge is 0.340 e. The predicted octanol–water partition coefficient (Wildman–Crippen LogP) is 2.67. The van der Waals surface area contributed by atoms with E-state index in [9.17, 15) is 4.79 Å². The number of allylic oxidation sites excluding steroid dienone is 2. The van der Waals surface area contributed by atoms with Crippen molar-refractivity contribution < 1.29 is 4.79 Å². The Bertz CT molecular complexity index is 595. The van der Waals surface area contributed by atoms with Crippen LogP contribution in [0.4, 0.5) is 0 Å². The van der Waals surface area contributed by atoms with Crippen molar-refractivity contribution in [2.75, 3.05) is 39.3 Å². The Labute approximate surface area is 157 Å². The number of piperazine rings is 1. The van der Waals surface area contributed by atoms with Crippen LogP contribution in [0.25, 0.3) is 0 Å². The second-order valence-electron chi connectivity index (χ2n) is 9.00. The Morgan fingerprint density at radius 3 is 2.31 bits per heavy atom. The molecule has 0 N–H and O–H groups in total. The van der Waals surface area contributed by atoms with E-state index in [2.05, 4.69) is 32.9 Å². The van der Waals surface area contributed by atoms with Gasteiger partial charge in [-0.25, -0.2) is 0 Å². The maximum absolute atomic E-state index is 12.9. The minimum atomic E-state index is 0.268. The number of hydrogen-bond acceptors (Lipinski definition) is 3. The molecular weight excluding hydrogens is 322 g/mol. The summed E-state index contributed by atoms with van der Waals surface area (Å²) in [4.78, 5) is 20.3. The van der Waals surface area contributed by atoms with Crippen LogP contribution >= 0.6 is 0 Å². The van der Waals surface area contributed by atoms with E-state index < -0.39 is 0 Å². The van der Waals surface area contributed by atoms with Crippen LogP contribution in [0.1, 0.15) is 44.9 Å². The Hall–Kier alpha value is -1.13. The van der Waals surface area contributed by atoms with Crippen molar-refractivity contribution in [1.82, 2.24) is 14.7 Å². The second kappa shape index (κ2) is 7.12. The lowest BCUT2D eigenvalue weighted by Gasteiger charge is -2.43. The molecule has 4 nitrogen and oxygen atoms in total. The Morgan fingerprint density at radius 1 is 0.923 bits per heavy atom. The lowest BCUT2D eigenvalue weighted by molar-refractivity contribution is -0.135. The fourth-order valence-corrected chi connectivity index (χ4v) is 5.37. The van der Waals surface area contributed by atoms with Gasteiger partial charge < -0.3 is 4.90 Å². The standard InChI is InChI=1S/C22H33N3O/c26-22(25-14-12-24(13-15-25)18-4-3-5-18)21-16-20(21)17-6-8-19(9-7-17)23-10-1-2-11-23/h6-8,18-21H,1-5,9-16H2/t19?,20-,21+/m1/s1. The number of nitrogens with zero attached hydrogens (tertiary/aromatic N) is 3. The highest BCUT2D eigenvalue weighted by Gasteiger charge is 2.47. The summed E-state index contributed by atoms with van der Waals surface area (Å²) in [6, 6.07) is 1.43. The van der Waals surface area contributed by atoms with E-state index in [4.69, 9.17) is 0 Å². The molecule has 1 unspecified atom stereocenters. The molecule has 0 aromatic heterocycles. The van der Waals surface area contributed by atoms with Crippen LogP contribution in [0.3, 0.4) is 0 Å². The lowest BCUT2D eigenvalue weighted by Crippen LogP contribution is -2.53. The molecule has 0 aromatic carbocycles. The number of amides is 1. The van der Waals surface area contributed by atoms with E-state index in [0.717, 1.165) is 45.1 Å². The molecule has 3 aliphatic carbocycles. The zero-order valence-corrected chi connectivity index (χ0v) is 16.0. The first-order valence-electron chi connectivity index (χ1n) is 10.9. The molecule has 2 heterocycles. The number of likely N-dealkylation sites (tertiary alicyclic amines) is 1. The number of hydrogen-bond donors (Lipinski definition) is 0. The molecule has 5 aliphatic rings. The maximum Gasteiger partial charge on any atom is 0.226 e. The summed E-state index contributed by atoms with van der Waals surface area (Å²) in [7, 11) is 0. The molecule has 2 saturated heterocycles. The molecule has 0 aromatic rings. The molecule has 142 valence electrons. The lowest BCUT2D eigenvalue weighted by atomic mass is 9.91. The van der Waals surface area contributed by atoms with Gasteiger partial charge in [-0.1, -0.05) is 24.6 Å². The summed E-state index contributed by atoms with van der Waals surface area (Å²) in [6.45, 7) is 6.60. The molecule has 0 radical (unpaired) electrons. The van der Waals surface area contributed by atoms with Gasteiger partial charge in [-0.2, -0.15) is 0 Å². The number of carbonyl (C=O) groups is 1. The number of rotatable bonds is 4. The van der Waals surface area contributed by atoms with Gasteiger partial charge in [0.1, 0.15) is 0 Å². The minimum absolute atomic E-state index is 0.268. The van der Waals surface area contributed by atoms with Gasteiger partial charge in [0, 0.05) is 44.2 Å². The van der Waals surface area contributed by atoms with Gasteiger partial charge in [-0.05, 0) is 63.1 Å². The van der Waals surface area contributed by atoms with Gasteiger partial charge in [0.2, 0.25) is 5.91 Å². The topological polar surface area (TPSA) is 26.8 Å². The molecule has 0 bridgehead atoms. The minimum Gasteiger partial charge on any atom is -0.340 e. The highest BCUT2D eigenvalue weighted by molar-refractivity contribution is 5.82. The summed E-state index contributed by atoms with van der Waals surface area (Å²) < 4.78 is 0. The third-order valence-electron chi connectivity index (χ3n) is 7.47. The molecule has 2 saturated carbocycles. The molecule has 5 rings (SSSR count). The van der Waals surface area contributed by atoms with Gasteiger partial charge in [0.15, 0.2) is 0 Å². The van der Waals surface area contributed by atoms with Crippen LogP contribution in [-0.2, 0) is 4.79 Å². The SMILES string of the molecule is O=C([C@H]1C[C@@H]1C1=CCC(N2CCCC2)C=C1)N1CCN(C2CCC2)CC1. The van der Waals surface area contributed by atoms with E-state index in [0.29, 0.717) is 17.9 Å². The zero-order valence-electron chi connectivity index (χ0n) is 16.0. The average molecular weight is 356 g/mol. The van der Waals surface area contributed by atoms with E-state index in [-0.39, 0.29) is 5.92 Å². The van der Waals surface area contributed by atoms with Gasteiger partial charge in [0.25, 0.3) is 0 Å². The first-order chi connectivity index (χ1) is 12.8. The molecule has 1 amide bonds. The summed E-state index contributed by atoms with van der Waals surface area (Å²) in [5, 5.41) is 0. The Balaban J connectivity index is 1.10. The van der Waals surface area contributed by atoms with Crippen LogP contribution in [0.2, 0.25) is 0 Å². The third-order valence-corrected chi connectivity index (χ3v) is 7.47. The van der Waals surface area contributed by atoms with Crippen molar-refractivity contribution in [2.45, 2.75) is 57.0 Å². The smallest absolute Gasteiger partial charge is 0.226 e. The van der Waals surface area contributed by atoms with Crippen LogP contribution < -0.4 is 0 Å². The summed E-state index contributed by atoms with van der Waals surface area (Å²) >= 11 is 0. The van der Waals surface area contributed by atoms with Gasteiger partial charge in [-0.3, -0.25) is 14.6 Å². The average Bonchev–Trinajstić information content (AvgIpc) is 3.25.